The summed E-state index contributed by atoms with van der Waals surface area (Å²) in [4.78, 5) is 52.9. The van der Waals surface area contributed by atoms with E-state index >= 15 is 0 Å². The Morgan fingerprint density at radius 1 is 1.00 bits per heavy atom. The van der Waals surface area contributed by atoms with Crippen LogP contribution in [0.5, 0.6) is 5.75 Å². The van der Waals surface area contributed by atoms with Crippen molar-refractivity contribution >= 4 is 40.9 Å². The first-order valence-electron chi connectivity index (χ1n) is 11.3. The maximum atomic E-state index is 12.8. The van der Waals surface area contributed by atoms with E-state index in [1.807, 2.05) is 20.8 Å². The molecule has 0 aliphatic carbocycles. The summed E-state index contributed by atoms with van der Waals surface area (Å²) in [7, 11) is 0. The SMILES string of the molecule is CCCCN1C(=O)c2ccc(C(=O)Nc3ccc(OCC(=O)N(CC)CC)c(Cl)c3)cc2C1=O. The van der Waals surface area contributed by atoms with Gasteiger partial charge in [0.15, 0.2) is 6.61 Å². The third-order valence-corrected chi connectivity index (χ3v) is 5.92. The lowest BCUT2D eigenvalue weighted by Crippen LogP contribution is -2.34. The van der Waals surface area contributed by atoms with E-state index in [0.29, 0.717) is 36.6 Å². The molecule has 1 N–H and O–H groups in total. The zero-order valence-corrected chi connectivity index (χ0v) is 20.3. The Hall–Kier alpha value is -3.39. The van der Waals surface area contributed by atoms with Crippen molar-refractivity contribution in [1.29, 1.82) is 0 Å². The molecule has 0 spiro atoms. The summed E-state index contributed by atoms with van der Waals surface area (Å²) in [5.41, 5.74) is 1.21. The van der Waals surface area contributed by atoms with Gasteiger partial charge in [-0.05, 0) is 56.7 Å². The van der Waals surface area contributed by atoms with Gasteiger partial charge in [-0.15, -0.1) is 0 Å². The number of imide groups is 1. The third-order valence-electron chi connectivity index (χ3n) is 5.63. The van der Waals surface area contributed by atoms with Crippen LogP contribution in [0.25, 0.3) is 0 Å². The topological polar surface area (TPSA) is 96.0 Å². The second-order valence-corrected chi connectivity index (χ2v) is 8.24. The number of benzene rings is 2. The van der Waals surface area contributed by atoms with Crippen LogP contribution in [0.2, 0.25) is 5.02 Å². The van der Waals surface area contributed by atoms with Crippen LogP contribution in [0.3, 0.4) is 0 Å². The average molecular weight is 486 g/mol. The summed E-state index contributed by atoms with van der Waals surface area (Å²) in [6.07, 6.45) is 1.59. The number of unbranched alkanes of at least 4 members (excludes halogenated alkanes) is 1. The molecule has 0 fully saturated rings. The molecule has 2 aromatic rings. The Bertz CT molecular complexity index is 1110. The average Bonchev–Trinajstić information content (AvgIpc) is 3.06. The molecule has 0 bridgehead atoms. The van der Waals surface area contributed by atoms with Gasteiger partial charge in [0, 0.05) is 30.9 Å². The van der Waals surface area contributed by atoms with Crippen molar-refractivity contribution in [3.63, 3.8) is 0 Å². The largest absolute Gasteiger partial charge is 0.482 e. The van der Waals surface area contributed by atoms with Gasteiger partial charge in [-0.2, -0.15) is 0 Å². The minimum absolute atomic E-state index is 0.135. The highest BCUT2D eigenvalue weighted by molar-refractivity contribution is 6.32. The molecule has 0 unspecified atom stereocenters. The van der Waals surface area contributed by atoms with Crippen molar-refractivity contribution in [2.24, 2.45) is 0 Å². The monoisotopic (exact) mass is 485 g/mol. The Balaban J connectivity index is 1.67. The van der Waals surface area contributed by atoms with Gasteiger partial charge in [0.05, 0.1) is 16.1 Å². The normalized spacial score (nSPS) is 12.5. The maximum absolute atomic E-state index is 12.8. The Kier molecular flexibility index (Phi) is 8.28. The van der Waals surface area contributed by atoms with E-state index in [1.165, 1.54) is 29.2 Å². The summed E-state index contributed by atoms with van der Waals surface area (Å²) >= 11 is 6.27. The number of hydrogen-bond acceptors (Lipinski definition) is 5. The molecule has 8 nitrogen and oxygen atoms in total. The van der Waals surface area contributed by atoms with Crippen LogP contribution in [-0.4, -0.2) is 59.7 Å². The van der Waals surface area contributed by atoms with Gasteiger partial charge in [-0.25, -0.2) is 0 Å². The molecule has 0 saturated heterocycles. The molecule has 2 aromatic carbocycles. The quantitative estimate of drug-likeness (QED) is 0.508. The van der Waals surface area contributed by atoms with Crippen LogP contribution in [0.4, 0.5) is 5.69 Å². The third kappa shape index (κ3) is 5.39. The van der Waals surface area contributed by atoms with Crippen molar-refractivity contribution in [2.75, 3.05) is 31.6 Å². The van der Waals surface area contributed by atoms with Crippen LogP contribution < -0.4 is 10.1 Å². The van der Waals surface area contributed by atoms with Gasteiger partial charge in [-0.1, -0.05) is 24.9 Å². The standard InChI is InChI=1S/C25H28ClN3O5/c1-4-7-12-29-24(32)18-10-8-16(13-19(18)25(29)33)23(31)27-17-9-11-21(20(26)14-17)34-15-22(30)28(5-2)6-3/h8-11,13-14H,4-7,12,15H2,1-3H3,(H,27,31). The molecule has 0 aromatic heterocycles. The van der Waals surface area contributed by atoms with E-state index < -0.39 is 5.91 Å². The number of carbonyl (C=O) groups is 4. The van der Waals surface area contributed by atoms with Gasteiger partial charge in [0.1, 0.15) is 5.75 Å². The molecule has 0 saturated carbocycles. The molecular weight excluding hydrogens is 458 g/mol. The number of ether oxygens (including phenoxy) is 1. The number of rotatable bonds is 10. The fourth-order valence-corrected chi connectivity index (χ4v) is 3.89. The number of nitrogens with zero attached hydrogens (tertiary/aromatic N) is 2. The molecule has 180 valence electrons. The second-order valence-electron chi connectivity index (χ2n) is 7.83. The van der Waals surface area contributed by atoms with Crippen LogP contribution in [0, 0.1) is 0 Å². The lowest BCUT2D eigenvalue weighted by molar-refractivity contribution is -0.132. The summed E-state index contributed by atoms with van der Waals surface area (Å²) in [6.45, 7) is 7.18. The van der Waals surface area contributed by atoms with E-state index in [4.69, 9.17) is 16.3 Å². The predicted octanol–water partition coefficient (Wildman–Crippen LogP) is 4.24. The molecule has 1 aliphatic rings. The first-order chi connectivity index (χ1) is 16.3. The fourth-order valence-electron chi connectivity index (χ4n) is 3.66. The van der Waals surface area contributed by atoms with Crippen LogP contribution in [0.15, 0.2) is 36.4 Å². The van der Waals surface area contributed by atoms with E-state index in [2.05, 4.69) is 5.32 Å². The lowest BCUT2D eigenvalue weighted by Gasteiger charge is -2.19. The molecule has 34 heavy (non-hydrogen) atoms. The molecule has 3 rings (SSSR count). The number of fused-ring (bicyclic) bond motifs is 1. The van der Waals surface area contributed by atoms with Gasteiger partial charge in [0.25, 0.3) is 23.6 Å². The number of amides is 4. The first kappa shape index (κ1) is 25.2. The maximum Gasteiger partial charge on any atom is 0.261 e. The predicted molar refractivity (Wildman–Crippen MR) is 130 cm³/mol. The fraction of sp³-hybridized carbons (Fsp3) is 0.360. The van der Waals surface area contributed by atoms with Crippen LogP contribution in [-0.2, 0) is 4.79 Å². The Labute approximate surface area is 203 Å². The van der Waals surface area contributed by atoms with Crippen molar-refractivity contribution in [2.45, 2.75) is 33.6 Å². The number of halogens is 1. The number of carbonyl (C=O) groups excluding carboxylic acids is 4. The molecular formula is C25H28ClN3O5. The Morgan fingerprint density at radius 2 is 1.71 bits per heavy atom. The van der Waals surface area contributed by atoms with Crippen LogP contribution in [0.1, 0.15) is 64.7 Å². The smallest absolute Gasteiger partial charge is 0.261 e. The zero-order valence-electron chi connectivity index (χ0n) is 19.5. The minimum Gasteiger partial charge on any atom is -0.482 e. The number of anilines is 1. The minimum atomic E-state index is -0.448. The lowest BCUT2D eigenvalue weighted by atomic mass is 10.1. The van der Waals surface area contributed by atoms with Crippen molar-refractivity contribution in [3.8, 4) is 5.75 Å². The summed E-state index contributed by atoms with van der Waals surface area (Å²) < 4.78 is 5.53. The highest BCUT2D eigenvalue weighted by Gasteiger charge is 2.35. The summed E-state index contributed by atoms with van der Waals surface area (Å²) in [5.74, 6) is -0.976. The van der Waals surface area contributed by atoms with E-state index in [1.54, 1.807) is 17.0 Å². The first-order valence-corrected chi connectivity index (χ1v) is 11.7. The number of nitrogens with one attached hydrogen (secondary N) is 1. The van der Waals surface area contributed by atoms with E-state index in [9.17, 15) is 19.2 Å². The van der Waals surface area contributed by atoms with Crippen molar-refractivity contribution < 1.29 is 23.9 Å². The highest BCUT2D eigenvalue weighted by Crippen LogP contribution is 2.29. The van der Waals surface area contributed by atoms with Gasteiger partial charge < -0.3 is 15.0 Å². The van der Waals surface area contributed by atoms with Gasteiger partial charge in [0.2, 0.25) is 0 Å². The summed E-state index contributed by atoms with van der Waals surface area (Å²) in [6, 6.07) is 9.16. The molecule has 9 heteroatoms. The van der Waals surface area contributed by atoms with E-state index in [-0.39, 0.29) is 40.5 Å². The van der Waals surface area contributed by atoms with Crippen molar-refractivity contribution in [1.82, 2.24) is 9.80 Å². The van der Waals surface area contributed by atoms with E-state index in [0.717, 1.165) is 12.8 Å². The van der Waals surface area contributed by atoms with Crippen molar-refractivity contribution in [3.05, 3.63) is 58.1 Å². The number of hydrogen-bond donors (Lipinski definition) is 1. The highest BCUT2D eigenvalue weighted by atomic mass is 35.5. The molecule has 0 radical (unpaired) electrons. The molecule has 0 atom stereocenters. The van der Waals surface area contributed by atoms with Gasteiger partial charge in [-0.3, -0.25) is 24.1 Å². The molecule has 4 amide bonds. The Morgan fingerprint density at radius 3 is 2.35 bits per heavy atom. The summed E-state index contributed by atoms with van der Waals surface area (Å²) in [5, 5.41) is 2.97. The zero-order chi connectivity index (χ0) is 24.8. The molecule has 1 heterocycles. The van der Waals surface area contributed by atoms with Gasteiger partial charge >= 0.3 is 0 Å². The van der Waals surface area contributed by atoms with Crippen LogP contribution >= 0.6 is 11.6 Å². The molecule has 1 aliphatic heterocycles. The number of likely N-dealkylation sites (N-methyl/N-ethyl adjacent to an activating group) is 1. The second kappa shape index (κ2) is 11.2.